The number of anilines is 1. The fourth-order valence-corrected chi connectivity index (χ4v) is 1.88. The van der Waals surface area contributed by atoms with Crippen LogP contribution in [0.5, 0.6) is 17.2 Å². The summed E-state index contributed by atoms with van der Waals surface area (Å²) in [7, 11) is 0. The van der Waals surface area contributed by atoms with E-state index in [1.165, 1.54) is 6.07 Å². The van der Waals surface area contributed by atoms with Crippen molar-refractivity contribution in [2.45, 2.75) is 19.8 Å². The molecular weight excluding hydrogens is 294 g/mol. The largest absolute Gasteiger partial charge is 0.506 e. The number of amides is 1. The molecule has 0 fully saturated rings. The lowest BCUT2D eigenvalue weighted by molar-refractivity contribution is -0.118. The summed E-state index contributed by atoms with van der Waals surface area (Å²) in [4.78, 5) is 11.8. The fraction of sp³-hybridized carbons (Fsp3) is 0.278. The number of hydrogen-bond donors (Lipinski definition) is 2. The second kappa shape index (κ2) is 8.68. The van der Waals surface area contributed by atoms with Crippen molar-refractivity contribution < 1.29 is 19.4 Å². The van der Waals surface area contributed by atoms with Gasteiger partial charge in [0.2, 0.25) is 0 Å². The third-order valence-electron chi connectivity index (χ3n) is 3.14. The van der Waals surface area contributed by atoms with Crippen molar-refractivity contribution in [1.82, 2.24) is 0 Å². The first kappa shape index (κ1) is 16.7. The van der Waals surface area contributed by atoms with Crippen molar-refractivity contribution in [3.05, 3.63) is 48.5 Å². The monoisotopic (exact) mass is 315 g/mol. The molecule has 2 aromatic rings. The number of hydrogen-bond acceptors (Lipinski definition) is 4. The highest BCUT2D eigenvalue weighted by Gasteiger charge is 2.06. The fourth-order valence-electron chi connectivity index (χ4n) is 1.88. The normalized spacial score (nSPS) is 10.1. The maximum absolute atomic E-state index is 11.8. The summed E-state index contributed by atoms with van der Waals surface area (Å²) in [5.41, 5.74) is 0.362. The topological polar surface area (TPSA) is 67.8 Å². The number of nitrogens with one attached hydrogen (secondary N) is 1. The number of carbonyl (C=O) groups excluding carboxylic acids is 1. The number of phenolic OH excluding ortho intramolecular Hbond substituents is 1. The van der Waals surface area contributed by atoms with Crippen LogP contribution in [0.2, 0.25) is 0 Å². The molecule has 23 heavy (non-hydrogen) atoms. The molecule has 0 aliphatic rings. The Morgan fingerprint density at radius 2 is 1.70 bits per heavy atom. The minimum absolute atomic E-state index is 0.0226. The number of phenols is 1. The number of unbranched alkanes of at least 4 members (excludes halogenated alkanes) is 1. The van der Waals surface area contributed by atoms with Crippen LogP contribution in [0.4, 0.5) is 5.69 Å². The van der Waals surface area contributed by atoms with E-state index in [2.05, 4.69) is 12.2 Å². The maximum atomic E-state index is 11.8. The molecule has 0 aliphatic heterocycles. The number of para-hydroxylation sites is 2. The average molecular weight is 315 g/mol. The Hall–Kier alpha value is -2.69. The maximum Gasteiger partial charge on any atom is 0.262 e. The lowest BCUT2D eigenvalue weighted by Crippen LogP contribution is -2.20. The Kier molecular flexibility index (Phi) is 6.29. The molecule has 0 saturated heterocycles. The molecule has 0 aliphatic carbocycles. The van der Waals surface area contributed by atoms with Gasteiger partial charge in [-0.25, -0.2) is 0 Å². The van der Waals surface area contributed by atoms with Gasteiger partial charge in [-0.3, -0.25) is 4.79 Å². The molecular formula is C18H21NO4. The van der Waals surface area contributed by atoms with Crippen LogP contribution in [-0.4, -0.2) is 24.2 Å². The Labute approximate surface area is 135 Å². The number of rotatable bonds is 8. The third-order valence-corrected chi connectivity index (χ3v) is 3.14. The van der Waals surface area contributed by atoms with Crippen molar-refractivity contribution in [2.24, 2.45) is 0 Å². The Bertz CT molecular complexity index is 625. The van der Waals surface area contributed by atoms with Gasteiger partial charge < -0.3 is 19.9 Å². The van der Waals surface area contributed by atoms with Gasteiger partial charge in [-0.15, -0.1) is 0 Å². The highest BCUT2D eigenvalue weighted by atomic mass is 16.5. The van der Waals surface area contributed by atoms with Gasteiger partial charge in [-0.1, -0.05) is 25.5 Å². The smallest absolute Gasteiger partial charge is 0.262 e. The summed E-state index contributed by atoms with van der Waals surface area (Å²) in [5.74, 6) is 1.05. The van der Waals surface area contributed by atoms with E-state index in [0.29, 0.717) is 18.0 Å². The molecule has 2 N–H and O–H groups in total. The SMILES string of the molecule is CCCCOc1ccc(OCC(=O)Nc2ccccc2O)cc1. The van der Waals surface area contributed by atoms with E-state index in [-0.39, 0.29) is 18.3 Å². The summed E-state index contributed by atoms with van der Waals surface area (Å²) in [6, 6.07) is 13.7. The van der Waals surface area contributed by atoms with Crippen molar-refractivity contribution in [3.63, 3.8) is 0 Å². The van der Waals surface area contributed by atoms with Crippen LogP contribution in [0.3, 0.4) is 0 Å². The Morgan fingerprint density at radius 3 is 2.35 bits per heavy atom. The first-order chi connectivity index (χ1) is 11.2. The molecule has 0 atom stereocenters. The molecule has 5 heteroatoms. The zero-order chi connectivity index (χ0) is 16.5. The van der Waals surface area contributed by atoms with Crippen molar-refractivity contribution in [2.75, 3.05) is 18.5 Å². The summed E-state index contributed by atoms with van der Waals surface area (Å²) in [5, 5.41) is 12.2. The molecule has 5 nitrogen and oxygen atoms in total. The van der Waals surface area contributed by atoms with Crippen LogP contribution < -0.4 is 14.8 Å². The first-order valence-electron chi connectivity index (χ1n) is 7.62. The van der Waals surface area contributed by atoms with E-state index in [1.54, 1.807) is 30.3 Å². The number of benzene rings is 2. The van der Waals surface area contributed by atoms with Crippen LogP contribution in [0.25, 0.3) is 0 Å². The van der Waals surface area contributed by atoms with E-state index in [1.807, 2.05) is 12.1 Å². The van der Waals surface area contributed by atoms with Gasteiger partial charge in [-0.05, 0) is 42.8 Å². The van der Waals surface area contributed by atoms with E-state index >= 15 is 0 Å². The highest BCUT2D eigenvalue weighted by molar-refractivity contribution is 5.93. The predicted molar refractivity (Wildman–Crippen MR) is 89.1 cm³/mol. The number of aromatic hydroxyl groups is 1. The van der Waals surface area contributed by atoms with Gasteiger partial charge in [0.15, 0.2) is 6.61 Å². The van der Waals surface area contributed by atoms with Crippen LogP contribution in [0, 0.1) is 0 Å². The highest BCUT2D eigenvalue weighted by Crippen LogP contribution is 2.21. The average Bonchev–Trinajstić information content (AvgIpc) is 2.56. The number of carbonyl (C=O) groups is 1. The van der Waals surface area contributed by atoms with Crippen molar-refractivity contribution >= 4 is 11.6 Å². The van der Waals surface area contributed by atoms with Gasteiger partial charge in [0, 0.05) is 0 Å². The molecule has 2 aromatic carbocycles. The second-order valence-electron chi connectivity index (χ2n) is 5.03. The van der Waals surface area contributed by atoms with Crippen molar-refractivity contribution in [3.8, 4) is 17.2 Å². The molecule has 0 heterocycles. The lowest BCUT2D eigenvalue weighted by atomic mass is 10.3. The van der Waals surface area contributed by atoms with Crippen LogP contribution in [0.15, 0.2) is 48.5 Å². The number of ether oxygens (including phenoxy) is 2. The van der Waals surface area contributed by atoms with Crippen LogP contribution in [-0.2, 0) is 4.79 Å². The predicted octanol–water partition coefficient (Wildman–Crippen LogP) is 3.59. The van der Waals surface area contributed by atoms with E-state index < -0.39 is 0 Å². The molecule has 0 unspecified atom stereocenters. The summed E-state index contributed by atoms with van der Waals surface area (Å²) >= 11 is 0. The minimum Gasteiger partial charge on any atom is -0.506 e. The Morgan fingerprint density at radius 1 is 1.04 bits per heavy atom. The van der Waals surface area contributed by atoms with Gasteiger partial charge in [0.25, 0.3) is 5.91 Å². The van der Waals surface area contributed by atoms with E-state index in [0.717, 1.165) is 18.6 Å². The van der Waals surface area contributed by atoms with Gasteiger partial charge >= 0.3 is 0 Å². The van der Waals surface area contributed by atoms with Crippen LogP contribution >= 0.6 is 0 Å². The quantitative estimate of drug-likeness (QED) is 0.577. The molecule has 122 valence electrons. The van der Waals surface area contributed by atoms with E-state index in [4.69, 9.17) is 9.47 Å². The standard InChI is InChI=1S/C18H21NO4/c1-2-3-12-22-14-8-10-15(11-9-14)23-13-18(21)19-16-6-4-5-7-17(16)20/h4-11,20H,2-3,12-13H2,1H3,(H,19,21). The van der Waals surface area contributed by atoms with Gasteiger partial charge in [0.05, 0.1) is 12.3 Å². The van der Waals surface area contributed by atoms with Crippen LogP contribution in [0.1, 0.15) is 19.8 Å². The molecule has 0 spiro atoms. The van der Waals surface area contributed by atoms with Gasteiger partial charge in [0.1, 0.15) is 17.2 Å². The molecule has 1 amide bonds. The van der Waals surface area contributed by atoms with Gasteiger partial charge in [-0.2, -0.15) is 0 Å². The Balaban J connectivity index is 1.79. The lowest BCUT2D eigenvalue weighted by Gasteiger charge is -2.09. The molecule has 0 bridgehead atoms. The molecule has 2 rings (SSSR count). The summed E-state index contributed by atoms with van der Waals surface area (Å²) in [6.45, 7) is 2.67. The molecule has 0 aromatic heterocycles. The molecule has 0 saturated carbocycles. The second-order valence-corrected chi connectivity index (χ2v) is 5.03. The van der Waals surface area contributed by atoms with Crippen molar-refractivity contribution in [1.29, 1.82) is 0 Å². The summed E-state index contributed by atoms with van der Waals surface area (Å²) in [6.07, 6.45) is 2.11. The zero-order valence-electron chi connectivity index (χ0n) is 13.1. The van der Waals surface area contributed by atoms with E-state index in [9.17, 15) is 9.90 Å². The summed E-state index contributed by atoms with van der Waals surface area (Å²) < 4.78 is 11.0. The minimum atomic E-state index is -0.338. The molecule has 0 radical (unpaired) electrons. The third kappa shape index (κ3) is 5.54. The first-order valence-corrected chi connectivity index (χ1v) is 7.62. The zero-order valence-corrected chi connectivity index (χ0v) is 13.1.